The highest BCUT2D eigenvalue weighted by molar-refractivity contribution is 6.32. The third-order valence-corrected chi connectivity index (χ3v) is 6.34. The second kappa shape index (κ2) is 6.14. The van der Waals surface area contributed by atoms with E-state index in [1.54, 1.807) is 12.1 Å². The maximum atomic E-state index is 13.7. The van der Waals surface area contributed by atoms with Crippen LogP contribution in [0.5, 0.6) is 0 Å². The number of aromatic nitrogens is 1. The fourth-order valence-corrected chi connectivity index (χ4v) is 4.93. The van der Waals surface area contributed by atoms with Crippen LogP contribution in [-0.4, -0.2) is 16.1 Å². The van der Waals surface area contributed by atoms with Gasteiger partial charge in [0, 0.05) is 23.2 Å². The minimum absolute atomic E-state index is 0.0565. The van der Waals surface area contributed by atoms with Crippen molar-refractivity contribution < 1.29 is 9.59 Å². The molecule has 0 fully saturated rings. The van der Waals surface area contributed by atoms with Gasteiger partial charge in [0.15, 0.2) is 11.6 Å². The third-order valence-electron chi connectivity index (χ3n) is 6.34. The molecule has 0 saturated heterocycles. The number of aryl methyl sites for hydroxylation is 2. The van der Waals surface area contributed by atoms with E-state index < -0.39 is 0 Å². The number of hydrogen-bond donors (Lipinski definition) is 0. The van der Waals surface area contributed by atoms with Crippen molar-refractivity contribution in [3.8, 4) is 22.5 Å². The minimum atomic E-state index is -0.0600. The van der Waals surface area contributed by atoms with Gasteiger partial charge in [0.25, 0.3) is 0 Å². The van der Waals surface area contributed by atoms with E-state index in [1.807, 2.05) is 31.2 Å². The summed E-state index contributed by atoms with van der Waals surface area (Å²) >= 11 is 0. The van der Waals surface area contributed by atoms with E-state index in [0.29, 0.717) is 22.3 Å². The maximum absolute atomic E-state index is 13.7. The third kappa shape index (κ3) is 2.20. The molecule has 0 saturated carbocycles. The van der Waals surface area contributed by atoms with Crippen molar-refractivity contribution in [2.24, 2.45) is 0 Å². The van der Waals surface area contributed by atoms with E-state index in [4.69, 9.17) is 0 Å². The Balaban J connectivity index is 1.75. The van der Waals surface area contributed by atoms with Crippen molar-refractivity contribution in [1.29, 1.82) is 0 Å². The molecule has 3 nitrogen and oxygen atoms in total. The topological polar surface area (TPSA) is 39.1 Å². The summed E-state index contributed by atoms with van der Waals surface area (Å²) in [6.45, 7) is 2.80. The van der Waals surface area contributed by atoms with Crippen molar-refractivity contribution >= 4 is 11.6 Å². The van der Waals surface area contributed by atoms with Gasteiger partial charge in [0.1, 0.15) is 0 Å². The molecule has 3 heteroatoms. The first-order chi connectivity index (χ1) is 14.6. The van der Waals surface area contributed by atoms with E-state index in [0.717, 1.165) is 41.0 Å². The molecule has 0 spiro atoms. The average molecular weight is 389 g/mol. The van der Waals surface area contributed by atoms with Gasteiger partial charge in [-0.25, -0.2) is 0 Å². The molecule has 0 amide bonds. The fraction of sp³-hybridized carbons (Fsp3) is 0.111. The Bertz CT molecular complexity index is 1370. The number of ketones is 2. The quantitative estimate of drug-likeness (QED) is 0.382. The highest BCUT2D eigenvalue weighted by atomic mass is 16.1. The van der Waals surface area contributed by atoms with Crippen LogP contribution in [0.2, 0.25) is 0 Å². The zero-order chi connectivity index (χ0) is 20.4. The average Bonchev–Trinajstić information content (AvgIpc) is 3.14. The molecule has 1 aliphatic heterocycles. The Labute approximate surface area is 174 Å². The summed E-state index contributed by atoms with van der Waals surface area (Å²) in [6, 6.07) is 23.6. The second-order valence-electron chi connectivity index (χ2n) is 8.08. The van der Waals surface area contributed by atoms with E-state index in [1.165, 1.54) is 5.56 Å². The molecule has 4 aromatic rings. The van der Waals surface area contributed by atoms with Crippen LogP contribution in [0.1, 0.15) is 43.0 Å². The van der Waals surface area contributed by atoms with Gasteiger partial charge in [-0.2, -0.15) is 0 Å². The number of carbonyl (C=O) groups is 2. The summed E-state index contributed by atoms with van der Waals surface area (Å²) < 4.78 is 2.19. The number of rotatable bonds is 1. The van der Waals surface area contributed by atoms with Crippen LogP contribution >= 0.6 is 0 Å². The Morgan fingerprint density at radius 2 is 1.23 bits per heavy atom. The molecule has 3 aromatic carbocycles. The molecular weight excluding hydrogens is 370 g/mol. The van der Waals surface area contributed by atoms with Gasteiger partial charge in [-0.05, 0) is 24.5 Å². The van der Waals surface area contributed by atoms with Crippen LogP contribution < -0.4 is 0 Å². The molecular formula is C27H19NO2. The largest absolute Gasteiger partial charge is 0.339 e. The Morgan fingerprint density at radius 1 is 0.667 bits per heavy atom. The lowest BCUT2D eigenvalue weighted by Gasteiger charge is -2.22. The molecule has 0 radical (unpaired) electrons. The van der Waals surface area contributed by atoms with Crippen LogP contribution in [0.3, 0.4) is 0 Å². The Morgan fingerprint density at radius 3 is 1.90 bits per heavy atom. The molecule has 2 aliphatic rings. The first-order valence-electron chi connectivity index (χ1n) is 10.3. The lowest BCUT2D eigenvalue weighted by atomic mass is 9.82. The van der Waals surface area contributed by atoms with Crippen molar-refractivity contribution in [3.63, 3.8) is 0 Å². The predicted molar refractivity (Wildman–Crippen MR) is 117 cm³/mol. The lowest BCUT2D eigenvalue weighted by Crippen LogP contribution is -2.20. The molecule has 0 atom stereocenters. The number of hydrogen-bond acceptors (Lipinski definition) is 2. The van der Waals surface area contributed by atoms with Crippen molar-refractivity contribution in [2.75, 3.05) is 0 Å². The smallest absolute Gasteiger partial charge is 0.196 e. The zero-order valence-corrected chi connectivity index (χ0v) is 16.6. The summed E-state index contributed by atoms with van der Waals surface area (Å²) in [5.74, 6) is -0.117. The summed E-state index contributed by atoms with van der Waals surface area (Å²) in [6.07, 6.45) is 0.880. The van der Waals surface area contributed by atoms with Crippen LogP contribution in [0.25, 0.3) is 22.5 Å². The Hall–Kier alpha value is -3.72. The predicted octanol–water partition coefficient (Wildman–Crippen LogP) is 5.46. The van der Waals surface area contributed by atoms with Crippen LogP contribution in [0, 0.1) is 6.92 Å². The Kier molecular flexibility index (Phi) is 3.51. The highest BCUT2D eigenvalue weighted by Crippen LogP contribution is 2.45. The number of fused-ring (bicyclic) bond motifs is 6. The van der Waals surface area contributed by atoms with Gasteiger partial charge in [0.2, 0.25) is 0 Å². The molecule has 0 N–H and O–H groups in total. The second-order valence-corrected chi connectivity index (χ2v) is 8.08. The molecule has 0 unspecified atom stereocenters. The number of carbonyl (C=O) groups excluding carboxylic acids is 2. The normalized spacial score (nSPS) is 14.0. The van der Waals surface area contributed by atoms with Crippen LogP contribution in [0.15, 0.2) is 72.8 Å². The lowest BCUT2D eigenvalue weighted by molar-refractivity contribution is 0.0981. The van der Waals surface area contributed by atoms with E-state index in [2.05, 4.69) is 41.0 Å². The van der Waals surface area contributed by atoms with Crippen molar-refractivity contribution in [1.82, 2.24) is 4.57 Å². The molecule has 2 heterocycles. The SMILES string of the molecule is Cc1ccc(-c2c3c(c4n2CCc2ccccc2-4)C(=O)c2ccccc2C3=O)cc1. The van der Waals surface area contributed by atoms with E-state index in [-0.39, 0.29) is 11.6 Å². The molecule has 1 aliphatic carbocycles. The fourth-order valence-electron chi connectivity index (χ4n) is 4.93. The monoisotopic (exact) mass is 389 g/mol. The number of benzene rings is 3. The summed E-state index contributed by atoms with van der Waals surface area (Å²) in [7, 11) is 0. The molecule has 144 valence electrons. The van der Waals surface area contributed by atoms with Crippen LogP contribution in [-0.2, 0) is 13.0 Å². The maximum Gasteiger partial charge on any atom is 0.196 e. The highest BCUT2D eigenvalue weighted by Gasteiger charge is 2.39. The van der Waals surface area contributed by atoms with E-state index >= 15 is 0 Å². The summed E-state index contributed by atoms with van der Waals surface area (Å²) in [4.78, 5) is 27.3. The van der Waals surface area contributed by atoms with Gasteiger partial charge in [-0.1, -0.05) is 78.4 Å². The van der Waals surface area contributed by atoms with Crippen LogP contribution in [0.4, 0.5) is 0 Å². The molecule has 6 rings (SSSR count). The van der Waals surface area contributed by atoms with Gasteiger partial charge >= 0.3 is 0 Å². The van der Waals surface area contributed by atoms with Gasteiger partial charge < -0.3 is 4.57 Å². The summed E-state index contributed by atoms with van der Waals surface area (Å²) in [5, 5.41) is 0. The van der Waals surface area contributed by atoms with Crippen molar-refractivity contribution in [2.45, 2.75) is 19.9 Å². The standard InChI is InChI=1S/C27H19NO2/c1-16-10-12-18(13-11-16)24-22-23(27(30)21-9-5-4-8-20(21)26(22)29)25-19-7-3-2-6-17(19)14-15-28(24)25/h2-13H,14-15H2,1H3. The first-order valence-corrected chi connectivity index (χ1v) is 10.3. The molecule has 30 heavy (non-hydrogen) atoms. The van der Waals surface area contributed by atoms with Gasteiger partial charge in [-0.3, -0.25) is 9.59 Å². The van der Waals surface area contributed by atoms with Gasteiger partial charge in [0.05, 0.1) is 22.5 Å². The zero-order valence-electron chi connectivity index (χ0n) is 16.6. The minimum Gasteiger partial charge on any atom is -0.339 e. The summed E-state index contributed by atoms with van der Waals surface area (Å²) in [5.41, 5.74) is 8.27. The molecule has 0 bridgehead atoms. The first kappa shape index (κ1) is 17.2. The molecule has 1 aromatic heterocycles. The number of nitrogens with zero attached hydrogens (tertiary/aromatic N) is 1. The van der Waals surface area contributed by atoms with Crippen molar-refractivity contribution in [3.05, 3.63) is 106 Å². The van der Waals surface area contributed by atoms with Gasteiger partial charge in [-0.15, -0.1) is 0 Å². The van der Waals surface area contributed by atoms with E-state index in [9.17, 15) is 9.59 Å².